The number of aryl methyl sites for hydroxylation is 1. The minimum Gasteiger partial charge on any atom is -0.423 e. The molecule has 0 fully saturated rings. The average molecular weight is 229 g/mol. The van der Waals surface area contributed by atoms with Crippen molar-refractivity contribution < 1.29 is 4.42 Å². The van der Waals surface area contributed by atoms with Gasteiger partial charge < -0.3 is 9.32 Å². The van der Waals surface area contributed by atoms with E-state index in [2.05, 4.69) is 39.4 Å². The van der Waals surface area contributed by atoms with Crippen LogP contribution in [0.5, 0.6) is 0 Å². The maximum Gasteiger partial charge on any atom is 0.235 e. The van der Waals surface area contributed by atoms with E-state index in [1.54, 1.807) is 0 Å². The molecule has 4 heteroatoms. The van der Waals surface area contributed by atoms with Crippen LogP contribution in [0.4, 0.5) is 5.69 Å². The third-order valence-electron chi connectivity index (χ3n) is 3.12. The van der Waals surface area contributed by atoms with E-state index in [0.29, 0.717) is 18.3 Å². The van der Waals surface area contributed by atoms with Crippen molar-refractivity contribution in [1.29, 1.82) is 0 Å². The van der Waals surface area contributed by atoms with E-state index in [1.807, 2.05) is 6.92 Å². The number of aromatic nitrogens is 2. The van der Waals surface area contributed by atoms with Crippen LogP contribution in [0.15, 0.2) is 28.7 Å². The number of para-hydroxylation sites is 1. The normalized spacial score (nSPS) is 14.1. The van der Waals surface area contributed by atoms with Crippen LogP contribution in [-0.2, 0) is 19.4 Å². The molecule has 0 amide bonds. The molecule has 0 saturated heterocycles. The van der Waals surface area contributed by atoms with Crippen molar-refractivity contribution in [2.24, 2.45) is 0 Å². The lowest BCUT2D eigenvalue weighted by molar-refractivity contribution is 0.450. The Bertz CT molecular complexity index is 521. The molecule has 2 aromatic rings. The van der Waals surface area contributed by atoms with Gasteiger partial charge in [0.05, 0.1) is 6.54 Å². The quantitative estimate of drug-likeness (QED) is 0.809. The van der Waals surface area contributed by atoms with Gasteiger partial charge in [-0.15, -0.1) is 10.2 Å². The highest BCUT2D eigenvalue weighted by Crippen LogP contribution is 2.28. The molecule has 1 aromatic carbocycles. The third kappa shape index (κ3) is 1.90. The summed E-state index contributed by atoms with van der Waals surface area (Å²) in [6.07, 6.45) is 1.90. The summed E-state index contributed by atoms with van der Waals surface area (Å²) in [5, 5.41) is 8.05. The lowest BCUT2D eigenvalue weighted by Gasteiger charge is -2.16. The van der Waals surface area contributed by atoms with Gasteiger partial charge in [-0.1, -0.05) is 25.1 Å². The van der Waals surface area contributed by atoms with E-state index in [4.69, 9.17) is 4.42 Å². The van der Waals surface area contributed by atoms with Crippen molar-refractivity contribution in [1.82, 2.24) is 10.2 Å². The topological polar surface area (TPSA) is 42.2 Å². The van der Waals surface area contributed by atoms with Gasteiger partial charge in [-0.05, 0) is 18.1 Å². The predicted octanol–water partition coefficient (Wildman–Crippen LogP) is 2.19. The summed E-state index contributed by atoms with van der Waals surface area (Å²) in [7, 11) is 0. The van der Waals surface area contributed by atoms with Gasteiger partial charge in [0.2, 0.25) is 11.8 Å². The van der Waals surface area contributed by atoms with Crippen LogP contribution in [0, 0.1) is 0 Å². The van der Waals surface area contributed by atoms with E-state index >= 15 is 0 Å². The second kappa shape index (κ2) is 4.20. The van der Waals surface area contributed by atoms with Gasteiger partial charge in [0.25, 0.3) is 0 Å². The van der Waals surface area contributed by atoms with Gasteiger partial charge >= 0.3 is 0 Å². The molecule has 0 radical (unpaired) electrons. The Kier molecular flexibility index (Phi) is 2.55. The maximum absolute atomic E-state index is 5.55. The molecule has 0 saturated carbocycles. The number of rotatable bonds is 3. The first kappa shape index (κ1) is 10.3. The summed E-state index contributed by atoms with van der Waals surface area (Å²) in [5.74, 6) is 1.42. The van der Waals surface area contributed by atoms with E-state index in [-0.39, 0.29) is 0 Å². The van der Waals surface area contributed by atoms with Crippen LogP contribution in [0.3, 0.4) is 0 Å². The molecule has 2 heterocycles. The average Bonchev–Trinajstić information content (AvgIpc) is 2.97. The summed E-state index contributed by atoms with van der Waals surface area (Å²) in [5.41, 5.74) is 2.70. The molecule has 0 aliphatic carbocycles. The zero-order valence-electron chi connectivity index (χ0n) is 9.89. The fourth-order valence-corrected chi connectivity index (χ4v) is 2.23. The molecule has 1 aliphatic rings. The summed E-state index contributed by atoms with van der Waals surface area (Å²) < 4.78 is 5.55. The number of anilines is 1. The number of hydrogen-bond acceptors (Lipinski definition) is 4. The van der Waals surface area contributed by atoms with Crippen molar-refractivity contribution in [3.8, 4) is 0 Å². The molecule has 17 heavy (non-hydrogen) atoms. The summed E-state index contributed by atoms with van der Waals surface area (Å²) in [4.78, 5) is 2.29. The maximum atomic E-state index is 5.55. The number of benzene rings is 1. The molecule has 0 spiro atoms. The Morgan fingerprint density at radius 1 is 1.24 bits per heavy atom. The van der Waals surface area contributed by atoms with Gasteiger partial charge in [-0.2, -0.15) is 0 Å². The lowest BCUT2D eigenvalue weighted by Crippen LogP contribution is -2.19. The van der Waals surface area contributed by atoms with Crippen LogP contribution in [-0.4, -0.2) is 16.7 Å². The van der Waals surface area contributed by atoms with Crippen molar-refractivity contribution in [3.05, 3.63) is 41.6 Å². The molecule has 4 nitrogen and oxygen atoms in total. The zero-order valence-corrected chi connectivity index (χ0v) is 9.89. The lowest BCUT2D eigenvalue weighted by atomic mass is 10.2. The third-order valence-corrected chi connectivity index (χ3v) is 3.12. The minimum absolute atomic E-state index is 0.707. The molecule has 88 valence electrons. The second-order valence-corrected chi connectivity index (χ2v) is 4.24. The van der Waals surface area contributed by atoms with Crippen LogP contribution in [0.1, 0.15) is 24.3 Å². The van der Waals surface area contributed by atoms with Crippen molar-refractivity contribution in [2.45, 2.75) is 26.3 Å². The van der Waals surface area contributed by atoms with Crippen molar-refractivity contribution >= 4 is 5.69 Å². The number of nitrogens with zero attached hydrogens (tertiary/aromatic N) is 3. The highest BCUT2D eigenvalue weighted by atomic mass is 16.4. The number of fused-ring (bicyclic) bond motifs is 1. The van der Waals surface area contributed by atoms with Gasteiger partial charge in [-0.3, -0.25) is 0 Å². The Labute approximate surface area is 100 Å². The molecular weight excluding hydrogens is 214 g/mol. The molecule has 0 N–H and O–H groups in total. The first-order valence-electron chi connectivity index (χ1n) is 6.01. The van der Waals surface area contributed by atoms with E-state index in [1.165, 1.54) is 11.3 Å². The van der Waals surface area contributed by atoms with Crippen LogP contribution >= 0.6 is 0 Å². The standard InChI is InChI=1S/C13H15N3O/c1-2-12-14-15-13(17-12)9-16-8-7-10-5-3-4-6-11(10)16/h3-6H,2,7-9H2,1H3. The summed E-state index contributed by atoms with van der Waals surface area (Å²) in [6, 6.07) is 8.49. The monoisotopic (exact) mass is 229 g/mol. The smallest absolute Gasteiger partial charge is 0.235 e. The predicted molar refractivity (Wildman–Crippen MR) is 64.9 cm³/mol. The molecule has 0 bridgehead atoms. The Hall–Kier alpha value is -1.84. The first-order chi connectivity index (χ1) is 8.36. The molecule has 3 rings (SSSR count). The fraction of sp³-hybridized carbons (Fsp3) is 0.385. The van der Waals surface area contributed by atoms with E-state index in [0.717, 1.165) is 19.4 Å². The second-order valence-electron chi connectivity index (χ2n) is 4.24. The van der Waals surface area contributed by atoms with E-state index < -0.39 is 0 Å². The van der Waals surface area contributed by atoms with E-state index in [9.17, 15) is 0 Å². The van der Waals surface area contributed by atoms with Gasteiger partial charge in [0.15, 0.2) is 0 Å². The zero-order chi connectivity index (χ0) is 11.7. The SMILES string of the molecule is CCc1nnc(CN2CCc3ccccc32)o1. The first-order valence-corrected chi connectivity index (χ1v) is 6.01. The summed E-state index contributed by atoms with van der Waals surface area (Å²) >= 11 is 0. The Morgan fingerprint density at radius 2 is 2.06 bits per heavy atom. The van der Waals surface area contributed by atoms with Crippen molar-refractivity contribution in [2.75, 3.05) is 11.4 Å². The van der Waals surface area contributed by atoms with Gasteiger partial charge in [-0.25, -0.2) is 0 Å². The largest absolute Gasteiger partial charge is 0.423 e. The Balaban J connectivity index is 1.79. The molecule has 1 aliphatic heterocycles. The summed E-state index contributed by atoms with van der Waals surface area (Å²) in [6.45, 7) is 3.76. The van der Waals surface area contributed by atoms with Crippen molar-refractivity contribution in [3.63, 3.8) is 0 Å². The Morgan fingerprint density at radius 3 is 2.88 bits per heavy atom. The van der Waals surface area contributed by atoms with Crippen LogP contribution in [0.25, 0.3) is 0 Å². The molecular formula is C13H15N3O. The van der Waals surface area contributed by atoms with Gasteiger partial charge in [0.1, 0.15) is 0 Å². The molecule has 0 atom stereocenters. The molecule has 0 unspecified atom stereocenters. The fourth-order valence-electron chi connectivity index (χ4n) is 2.23. The van der Waals surface area contributed by atoms with Gasteiger partial charge in [0, 0.05) is 18.7 Å². The minimum atomic E-state index is 0.707. The van der Waals surface area contributed by atoms with Crippen LogP contribution < -0.4 is 4.90 Å². The highest BCUT2D eigenvalue weighted by molar-refractivity contribution is 5.57. The number of hydrogen-bond donors (Lipinski definition) is 0. The van der Waals surface area contributed by atoms with Crippen LogP contribution in [0.2, 0.25) is 0 Å². The highest BCUT2D eigenvalue weighted by Gasteiger charge is 2.20. The molecule has 1 aromatic heterocycles.